The first-order chi connectivity index (χ1) is 14.3. The van der Waals surface area contributed by atoms with E-state index in [1.165, 1.54) is 0 Å². The Morgan fingerprint density at radius 1 is 1.10 bits per heavy atom. The van der Waals surface area contributed by atoms with Gasteiger partial charge in [0.1, 0.15) is 22.8 Å². The zero-order chi connectivity index (χ0) is 21.4. The van der Waals surface area contributed by atoms with Gasteiger partial charge in [0.2, 0.25) is 11.2 Å². The zero-order valence-electron chi connectivity index (χ0n) is 18.1. The molecule has 0 aliphatic carbocycles. The molecular weight excluding hydrogens is 378 g/mol. The fourth-order valence-electron chi connectivity index (χ4n) is 4.22. The summed E-state index contributed by atoms with van der Waals surface area (Å²) in [7, 11) is 0. The van der Waals surface area contributed by atoms with Crippen molar-refractivity contribution in [2.24, 2.45) is 5.92 Å². The molecule has 0 unspecified atom stereocenters. The van der Waals surface area contributed by atoms with E-state index in [0.29, 0.717) is 34.6 Å². The first-order valence-electron chi connectivity index (χ1n) is 10.6. The number of aromatic hydroxyl groups is 1. The van der Waals surface area contributed by atoms with Crippen LogP contribution in [0.25, 0.3) is 11.0 Å². The molecule has 1 aliphatic rings. The van der Waals surface area contributed by atoms with Crippen LogP contribution in [0.2, 0.25) is 0 Å². The van der Waals surface area contributed by atoms with Crippen LogP contribution in [0, 0.1) is 26.7 Å². The molecule has 5 nitrogen and oxygen atoms in total. The summed E-state index contributed by atoms with van der Waals surface area (Å²) in [6.45, 7) is 10.5. The van der Waals surface area contributed by atoms with Crippen molar-refractivity contribution in [3.05, 3.63) is 63.0 Å². The van der Waals surface area contributed by atoms with Gasteiger partial charge in [-0.1, -0.05) is 13.0 Å². The summed E-state index contributed by atoms with van der Waals surface area (Å²) in [4.78, 5) is 15.6. The molecule has 2 aromatic carbocycles. The largest absolute Gasteiger partial charge is 0.507 e. The molecule has 0 bridgehead atoms. The van der Waals surface area contributed by atoms with Crippen molar-refractivity contribution in [2.45, 2.75) is 47.1 Å². The first kappa shape index (κ1) is 20.5. The third-order valence-electron chi connectivity index (χ3n) is 5.93. The van der Waals surface area contributed by atoms with Gasteiger partial charge in [-0.15, -0.1) is 0 Å². The molecule has 1 N–H and O–H groups in total. The van der Waals surface area contributed by atoms with E-state index in [-0.39, 0.29) is 16.9 Å². The van der Waals surface area contributed by atoms with Crippen molar-refractivity contribution in [2.75, 3.05) is 13.1 Å². The summed E-state index contributed by atoms with van der Waals surface area (Å²) in [5.74, 6) is 2.10. The van der Waals surface area contributed by atoms with E-state index >= 15 is 0 Å². The Morgan fingerprint density at radius 3 is 2.43 bits per heavy atom. The average molecular weight is 408 g/mol. The number of phenolic OH excluding ortho intramolecular Hbond substituents is 1. The summed E-state index contributed by atoms with van der Waals surface area (Å²) < 4.78 is 12.0. The Bertz CT molecular complexity index is 1120. The second kappa shape index (κ2) is 8.15. The fraction of sp³-hybridized carbons (Fsp3) is 0.400. The molecule has 0 amide bonds. The van der Waals surface area contributed by atoms with Gasteiger partial charge in [0.25, 0.3) is 0 Å². The van der Waals surface area contributed by atoms with Crippen molar-refractivity contribution < 1.29 is 14.3 Å². The lowest BCUT2D eigenvalue weighted by Gasteiger charge is -2.30. The van der Waals surface area contributed by atoms with Crippen LogP contribution in [0.15, 0.2) is 39.5 Å². The number of aryl methyl sites for hydroxylation is 3. The maximum atomic E-state index is 13.2. The van der Waals surface area contributed by atoms with Crippen LogP contribution in [-0.4, -0.2) is 23.1 Å². The fourth-order valence-corrected chi connectivity index (χ4v) is 4.22. The summed E-state index contributed by atoms with van der Waals surface area (Å²) in [6, 6.07) is 9.05. The van der Waals surface area contributed by atoms with Gasteiger partial charge in [0, 0.05) is 6.54 Å². The number of fused-ring (bicyclic) bond motifs is 1. The van der Waals surface area contributed by atoms with Gasteiger partial charge in [-0.25, -0.2) is 0 Å². The Hall–Kier alpha value is -2.79. The average Bonchev–Trinajstić information content (AvgIpc) is 2.68. The molecule has 3 aromatic rings. The van der Waals surface area contributed by atoms with Crippen molar-refractivity contribution in [1.82, 2.24) is 4.90 Å². The Balaban J connectivity index is 1.74. The van der Waals surface area contributed by atoms with E-state index in [2.05, 4.69) is 17.9 Å². The minimum atomic E-state index is -0.221. The van der Waals surface area contributed by atoms with Gasteiger partial charge in [-0.2, -0.15) is 0 Å². The normalized spacial score (nSPS) is 15.6. The molecule has 0 spiro atoms. The Morgan fingerprint density at radius 2 is 1.77 bits per heavy atom. The third-order valence-corrected chi connectivity index (χ3v) is 5.93. The zero-order valence-corrected chi connectivity index (χ0v) is 18.1. The number of hydrogen-bond acceptors (Lipinski definition) is 5. The molecule has 158 valence electrons. The molecule has 4 rings (SSSR count). The number of phenols is 1. The van der Waals surface area contributed by atoms with Gasteiger partial charge in [-0.05, 0) is 88.0 Å². The Labute approximate surface area is 176 Å². The lowest BCUT2D eigenvalue weighted by Crippen LogP contribution is -2.32. The van der Waals surface area contributed by atoms with E-state index in [1.807, 2.05) is 26.0 Å². The summed E-state index contributed by atoms with van der Waals surface area (Å²) in [6.07, 6.45) is 2.28. The molecule has 0 radical (unpaired) electrons. The van der Waals surface area contributed by atoms with Crippen molar-refractivity contribution >= 4 is 11.0 Å². The minimum absolute atomic E-state index is 0.159. The van der Waals surface area contributed by atoms with Crippen molar-refractivity contribution in [1.29, 1.82) is 0 Å². The van der Waals surface area contributed by atoms with E-state index in [1.54, 1.807) is 19.1 Å². The number of ether oxygens (including phenoxy) is 1. The molecule has 0 saturated carbocycles. The molecule has 0 atom stereocenters. The van der Waals surface area contributed by atoms with E-state index < -0.39 is 0 Å². The van der Waals surface area contributed by atoms with Crippen LogP contribution in [-0.2, 0) is 6.54 Å². The molecule has 1 aliphatic heterocycles. The topological polar surface area (TPSA) is 62.9 Å². The monoisotopic (exact) mass is 407 g/mol. The number of hydrogen-bond donors (Lipinski definition) is 1. The molecule has 1 saturated heterocycles. The van der Waals surface area contributed by atoms with E-state index in [9.17, 15) is 9.90 Å². The second-order valence-corrected chi connectivity index (χ2v) is 8.64. The van der Waals surface area contributed by atoms with E-state index in [0.717, 1.165) is 43.0 Å². The number of nitrogens with zero attached hydrogens (tertiary/aromatic N) is 1. The van der Waals surface area contributed by atoms with Crippen LogP contribution < -0.4 is 10.2 Å². The number of rotatable bonds is 4. The molecule has 1 aromatic heterocycles. The highest BCUT2D eigenvalue weighted by Gasteiger charge is 2.22. The molecule has 2 heterocycles. The molecule has 5 heteroatoms. The van der Waals surface area contributed by atoms with Gasteiger partial charge in [0.05, 0.1) is 10.9 Å². The van der Waals surface area contributed by atoms with Crippen molar-refractivity contribution in [3.63, 3.8) is 0 Å². The quantitative estimate of drug-likeness (QED) is 0.623. The van der Waals surface area contributed by atoms with E-state index in [4.69, 9.17) is 9.15 Å². The van der Waals surface area contributed by atoms with Gasteiger partial charge in [0.15, 0.2) is 0 Å². The van der Waals surface area contributed by atoms with Crippen LogP contribution in [0.1, 0.15) is 42.2 Å². The predicted molar refractivity (Wildman–Crippen MR) is 119 cm³/mol. The maximum Gasteiger partial charge on any atom is 0.235 e. The smallest absolute Gasteiger partial charge is 0.235 e. The van der Waals surface area contributed by atoms with Gasteiger partial charge < -0.3 is 14.3 Å². The lowest BCUT2D eigenvalue weighted by molar-refractivity contribution is 0.183. The number of piperidine rings is 1. The number of benzene rings is 2. The van der Waals surface area contributed by atoms with Crippen LogP contribution >= 0.6 is 0 Å². The Kier molecular flexibility index (Phi) is 5.56. The molecular formula is C25H29NO4. The SMILES string of the molecule is Cc1cc(C)cc(Oc2c(C)oc3c(CN4CCC(C)CC4)c(O)ccc3c2=O)c1. The molecule has 1 fully saturated rings. The van der Waals surface area contributed by atoms with Gasteiger partial charge >= 0.3 is 0 Å². The van der Waals surface area contributed by atoms with Gasteiger partial charge in [-0.3, -0.25) is 9.69 Å². The summed E-state index contributed by atoms with van der Waals surface area (Å²) in [5.41, 5.74) is 3.03. The maximum absolute atomic E-state index is 13.2. The standard InChI is InChI=1S/C25H29NO4/c1-15-7-9-26(10-8-15)14-21-22(27)6-5-20-23(28)24(18(4)29-25(20)21)30-19-12-16(2)11-17(3)13-19/h5-6,11-13,15,27H,7-10,14H2,1-4H3. The molecule has 30 heavy (non-hydrogen) atoms. The predicted octanol–water partition coefficient (Wildman–Crippen LogP) is 5.45. The highest BCUT2D eigenvalue weighted by atomic mass is 16.5. The highest BCUT2D eigenvalue weighted by molar-refractivity contribution is 5.83. The van der Waals surface area contributed by atoms with Crippen molar-refractivity contribution in [3.8, 4) is 17.2 Å². The highest BCUT2D eigenvalue weighted by Crippen LogP contribution is 2.32. The summed E-state index contributed by atoms with van der Waals surface area (Å²) in [5, 5.41) is 10.9. The lowest BCUT2D eigenvalue weighted by atomic mass is 9.98. The van der Waals surface area contributed by atoms with Crippen LogP contribution in [0.4, 0.5) is 0 Å². The first-order valence-corrected chi connectivity index (χ1v) is 10.6. The van der Waals surface area contributed by atoms with Crippen LogP contribution in [0.5, 0.6) is 17.2 Å². The third kappa shape index (κ3) is 4.08. The minimum Gasteiger partial charge on any atom is -0.507 e. The number of likely N-dealkylation sites (tertiary alicyclic amines) is 1. The summed E-state index contributed by atoms with van der Waals surface area (Å²) >= 11 is 0. The van der Waals surface area contributed by atoms with Crippen LogP contribution in [0.3, 0.4) is 0 Å². The second-order valence-electron chi connectivity index (χ2n) is 8.64.